The van der Waals surface area contributed by atoms with E-state index in [4.69, 9.17) is 4.74 Å². The highest BCUT2D eigenvalue weighted by Crippen LogP contribution is 2.31. The first-order valence-electron chi connectivity index (χ1n) is 6.82. The van der Waals surface area contributed by atoms with E-state index in [1.165, 1.54) is 12.1 Å². The van der Waals surface area contributed by atoms with Crippen LogP contribution in [0.25, 0.3) is 0 Å². The van der Waals surface area contributed by atoms with Gasteiger partial charge in [-0.1, -0.05) is 6.07 Å². The zero-order valence-electron chi connectivity index (χ0n) is 11.8. The Balaban J connectivity index is 1.83. The van der Waals surface area contributed by atoms with Gasteiger partial charge in [-0.05, 0) is 18.2 Å². The second kappa shape index (κ2) is 6.97. The molecular formula is C14H17F3N2O3. The first-order valence-corrected chi connectivity index (χ1v) is 6.82. The molecule has 122 valence electrons. The van der Waals surface area contributed by atoms with E-state index < -0.39 is 17.8 Å². The minimum Gasteiger partial charge on any atom is -0.491 e. The number of alkyl halides is 3. The van der Waals surface area contributed by atoms with E-state index in [0.717, 1.165) is 12.1 Å². The van der Waals surface area contributed by atoms with Crippen LogP contribution in [-0.4, -0.2) is 54.8 Å². The zero-order valence-corrected chi connectivity index (χ0v) is 11.8. The number of hydrogen-bond acceptors (Lipinski definition) is 4. The summed E-state index contributed by atoms with van der Waals surface area (Å²) in [5.41, 5.74) is -0.799. The summed E-state index contributed by atoms with van der Waals surface area (Å²) >= 11 is 0. The number of carbonyl (C=O) groups excluding carboxylic acids is 1. The van der Waals surface area contributed by atoms with Crippen LogP contribution in [0.3, 0.4) is 0 Å². The minimum atomic E-state index is -4.43. The van der Waals surface area contributed by atoms with Crippen LogP contribution < -0.4 is 10.1 Å². The van der Waals surface area contributed by atoms with Crippen molar-refractivity contribution in [3.63, 3.8) is 0 Å². The first-order chi connectivity index (χ1) is 10.3. The van der Waals surface area contributed by atoms with Crippen LogP contribution >= 0.6 is 0 Å². The molecule has 2 rings (SSSR count). The van der Waals surface area contributed by atoms with Gasteiger partial charge in [-0.2, -0.15) is 13.2 Å². The lowest BCUT2D eigenvalue weighted by Crippen LogP contribution is -2.50. The molecular weight excluding hydrogens is 301 g/mol. The summed E-state index contributed by atoms with van der Waals surface area (Å²) in [6.07, 6.45) is -5.32. The Morgan fingerprint density at radius 1 is 1.41 bits per heavy atom. The van der Waals surface area contributed by atoms with Crippen molar-refractivity contribution < 1.29 is 27.8 Å². The number of piperazine rings is 1. The van der Waals surface area contributed by atoms with E-state index in [0.29, 0.717) is 13.1 Å². The Hall–Kier alpha value is -1.80. The van der Waals surface area contributed by atoms with Gasteiger partial charge in [0.05, 0.1) is 12.1 Å². The molecule has 0 radical (unpaired) electrons. The molecule has 5 nitrogen and oxygen atoms in total. The summed E-state index contributed by atoms with van der Waals surface area (Å²) in [7, 11) is 0. The molecule has 1 aromatic rings. The molecule has 2 N–H and O–H groups in total. The molecule has 1 fully saturated rings. The van der Waals surface area contributed by atoms with Crippen molar-refractivity contribution in [2.45, 2.75) is 12.3 Å². The highest BCUT2D eigenvalue weighted by atomic mass is 19.4. The summed E-state index contributed by atoms with van der Waals surface area (Å²) in [6, 6.07) is 4.49. The fourth-order valence-electron chi connectivity index (χ4n) is 2.15. The maximum absolute atomic E-state index is 12.6. The van der Waals surface area contributed by atoms with E-state index in [1.54, 1.807) is 4.90 Å². The third kappa shape index (κ3) is 4.88. The van der Waals surface area contributed by atoms with Crippen LogP contribution in [0.15, 0.2) is 24.3 Å². The van der Waals surface area contributed by atoms with Gasteiger partial charge in [0, 0.05) is 19.6 Å². The van der Waals surface area contributed by atoms with Crippen molar-refractivity contribution in [3.05, 3.63) is 29.8 Å². The third-order valence-corrected chi connectivity index (χ3v) is 3.19. The number of β-amino-alcohol motifs (C(OH)–C–C–N with tert-alkyl or cyclic N) is 1. The highest BCUT2D eigenvalue weighted by Gasteiger charge is 2.30. The van der Waals surface area contributed by atoms with Gasteiger partial charge in [0.15, 0.2) is 0 Å². The molecule has 1 amide bonds. The van der Waals surface area contributed by atoms with E-state index in [9.17, 15) is 23.1 Å². The fourth-order valence-corrected chi connectivity index (χ4v) is 2.15. The highest BCUT2D eigenvalue weighted by molar-refractivity contribution is 5.78. The predicted molar refractivity (Wildman–Crippen MR) is 72.4 cm³/mol. The Morgan fingerprint density at radius 3 is 2.86 bits per heavy atom. The number of nitrogens with one attached hydrogen (secondary N) is 1. The number of rotatable bonds is 5. The minimum absolute atomic E-state index is 0.0465. The Morgan fingerprint density at radius 2 is 2.18 bits per heavy atom. The van der Waals surface area contributed by atoms with E-state index in [2.05, 4.69) is 5.32 Å². The van der Waals surface area contributed by atoms with Crippen molar-refractivity contribution >= 4 is 5.91 Å². The van der Waals surface area contributed by atoms with Gasteiger partial charge in [-0.15, -0.1) is 0 Å². The molecule has 1 unspecified atom stereocenters. The van der Waals surface area contributed by atoms with Gasteiger partial charge in [-0.25, -0.2) is 0 Å². The molecule has 1 atom stereocenters. The van der Waals surface area contributed by atoms with Gasteiger partial charge in [0.2, 0.25) is 5.91 Å². The molecule has 1 aliphatic heterocycles. The summed E-state index contributed by atoms with van der Waals surface area (Å²) in [4.78, 5) is 13.0. The Bertz CT molecular complexity index is 522. The molecule has 0 aromatic heterocycles. The van der Waals surface area contributed by atoms with Crippen molar-refractivity contribution in [3.8, 4) is 5.75 Å². The smallest absolute Gasteiger partial charge is 0.416 e. The molecule has 1 aromatic carbocycles. The monoisotopic (exact) mass is 318 g/mol. The number of nitrogens with zero attached hydrogens (tertiary/aromatic N) is 1. The summed E-state index contributed by atoms with van der Waals surface area (Å²) in [5, 5.41) is 12.5. The molecule has 0 bridgehead atoms. The molecule has 1 saturated heterocycles. The van der Waals surface area contributed by atoms with E-state index in [-0.39, 0.29) is 31.4 Å². The van der Waals surface area contributed by atoms with Gasteiger partial charge in [0.1, 0.15) is 18.5 Å². The SMILES string of the molecule is O=C1CN(CC(O)COc2cccc(C(F)(F)F)c2)CCN1. The van der Waals surface area contributed by atoms with E-state index in [1.807, 2.05) is 0 Å². The molecule has 1 heterocycles. The van der Waals surface area contributed by atoms with Gasteiger partial charge in [0.25, 0.3) is 0 Å². The van der Waals surface area contributed by atoms with Gasteiger partial charge in [-0.3, -0.25) is 9.69 Å². The Kier molecular flexibility index (Phi) is 5.25. The lowest BCUT2D eigenvalue weighted by molar-refractivity contribution is -0.137. The topological polar surface area (TPSA) is 61.8 Å². The quantitative estimate of drug-likeness (QED) is 0.846. The van der Waals surface area contributed by atoms with Crippen LogP contribution in [0.4, 0.5) is 13.2 Å². The lowest BCUT2D eigenvalue weighted by Gasteiger charge is -2.28. The number of hydrogen-bond donors (Lipinski definition) is 2. The molecule has 0 saturated carbocycles. The second-order valence-corrected chi connectivity index (χ2v) is 5.08. The average Bonchev–Trinajstić information content (AvgIpc) is 2.45. The van der Waals surface area contributed by atoms with E-state index >= 15 is 0 Å². The van der Waals surface area contributed by atoms with Crippen molar-refractivity contribution in [1.29, 1.82) is 0 Å². The maximum atomic E-state index is 12.6. The predicted octanol–water partition coefficient (Wildman–Crippen LogP) is 0.877. The third-order valence-electron chi connectivity index (χ3n) is 3.19. The van der Waals surface area contributed by atoms with Crippen molar-refractivity contribution in [2.24, 2.45) is 0 Å². The summed E-state index contributed by atoms with van der Waals surface area (Å²) in [6.45, 7) is 1.42. The number of carbonyl (C=O) groups is 1. The molecule has 22 heavy (non-hydrogen) atoms. The van der Waals surface area contributed by atoms with Crippen LogP contribution in [-0.2, 0) is 11.0 Å². The number of halogens is 3. The number of benzene rings is 1. The number of aliphatic hydroxyl groups excluding tert-OH is 1. The molecule has 0 aliphatic carbocycles. The first kappa shape index (κ1) is 16.6. The average molecular weight is 318 g/mol. The number of aliphatic hydroxyl groups is 1. The number of amides is 1. The maximum Gasteiger partial charge on any atom is 0.416 e. The standard InChI is InChI=1S/C14H17F3N2O3/c15-14(16,17)10-2-1-3-12(6-10)22-9-11(20)7-19-5-4-18-13(21)8-19/h1-3,6,11,20H,4-5,7-9H2,(H,18,21). The Labute approximate surface area is 125 Å². The second-order valence-electron chi connectivity index (χ2n) is 5.08. The van der Waals surface area contributed by atoms with Gasteiger partial charge < -0.3 is 15.2 Å². The normalized spacial score (nSPS) is 17.9. The fraction of sp³-hybridized carbons (Fsp3) is 0.500. The van der Waals surface area contributed by atoms with Crippen LogP contribution in [0.5, 0.6) is 5.75 Å². The zero-order chi connectivity index (χ0) is 16.2. The number of ether oxygens (including phenoxy) is 1. The largest absolute Gasteiger partial charge is 0.491 e. The molecule has 0 spiro atoms. The van der Waals surface area contributed by atoms with Crippen LogP contribution in [0, 0.1) is 0 Å². The van der Waals surface area contributed by atoms with Crippen LogP contribution in [0.1, 0.15) is 5.56 Å². The summed E-state index contributed by atoms with van der Waals surface area (Å²) in [5.74, 6) is -0.0671. The molecule has 8 heteroatoms. The summed E-state index contributed by atoms with van der Waals surface area (Å²) < 4.78 is 42.9. The molecule has 1 aliphatic rings. The van der Waals surface area contributed by atoms with Crippen molar-refractivity contribution in [2.75, 3.05) is 32.8 Å². The van der Waals surface area contributed by atoms with Crippen molar-refractivity contribution in [1.82, 2.24) is 10.2 Å². The van der Waals surface area contributed by atoms with Crippen LogP contribution in [0.2, 0.25) is 0 Å². The lowest BCUT2D eigenvalue weighted by atomic mass is 10.2. The van der Waals surface area contributed by atoms with Gasteiger partial charge >= 0.3 is 6.18 Å².